The molecule has 3 rings (SSSR count). The Morgan fingerprint density at radius 2 is 1.72 bits per heavy atom. The predicted molar refractivity (Wildman–Crippen MR) is 94.7 cm³/mol. The van der Waals surface area contributed by atoms with E-state index in [1.54, 1.807) is 0 Å². The third-order valence-corrected chi connectivity index (χ3v) is 5.34. The van der Waals surface area contributed by atoms with Gasteiger partial charge in [0.2, 0.25) is 0 Å². The summed E-state index contributed by atoms with van der Waals surface area (Å²) >= 11 is -5.25. The number of pyridine rings is 1. The minimum absolute atomic E-state index is 0.0602. The minimum Gasteiger partial charge on any atom is -0.256 e. The first-order valence-electron chi connectivity index (χ1n) is 7.24. The average molecular weight is 404 g/mol. The molecule has 7 nitrogen and oxygen atoms in total. The Kier molecular flexibility index (Phi) is 5.98. The third-order valence-electron chi connectivity index (χ3n) is 3.13. The van der Waals surface area contributed by atoms with Crippen molar-refractivity contribution in [3.63, 3.8) is 0 Å². The zero-order valence-corrected chi connectivity index (χ0v) is 15.2. The summed E-state index contributed by atoms with van der Waals surface area (Å²) in [5.41, 5.74) is 1.00. The number of fused-ring (bicyclic) bond motifs is 1. The van der Waals surface area contributed by atoms with E-state index in [4.69, 9.17) is 8.19 Å². The number of nitrogens with zero attached hydrogens (tertiary/aromatic N) is 1. The maximum absolute atomic E-state index is 11.1. The summed E-state index contributed by atoms with van der Waals surface area (Å²) in [6, 6.07) is 15.9. The summed E-state index contributed by atoms with van der Waals surface area (Å²) in [6.07, 6.45) is 1.81. The van der Waals surface area contributed by atoms with Crippen molar-refractivity contribution in [2.24, 2.45) is 0 Å². The van der Waals surface area contributed by atoms with E-state index in [0.29, 0.717) is 0 Å². The van der Waals surface area contributed by atoms with Crippen LogP contribution in [0.1, 0.15) is 6.92 Å². The summed E-state index contributed by atoms with van der Waals surface area (Å²) < 4.78 is 28.6. The summed E-state index contributed by atoms with van der Waals surface area (Å²) in [5, 5.41) is 12.8. The van der Waals surface area contributed by atoms with Crippen molar-refractivity contribution in [1.82, 2.24) is 4.98 Å². The smallest absolute Gasteiger partial charge is 0.0701 e. The standard InChI is InChI=1S/C9H7N.C8H10AsNO5/c1-2-6-9-8(4-1)5-3-7-10-9;1-5(11)10-6-3-2-4-7(12)8(6)9(13,14)15/h1-7H;2-4,12H,1H3,(H,10,11)(H2,13,14,15). The van der Waals surface area contributed by atoms with E-state index in [1.165, 1.54) is 24.4 Å². The Bertz CT molecular complexity index is 874. The first-order chi connectivity index (χ1) is 11.8. The van der Waals surface area contributed by atoms with Crippen molar-refractivity contribution >= 4 is 41.0 Å². The second kappa shape index (κ2) is 7.98. The van der Waals surface area contributed by atoms with Gasteiger partial charge in [-0.15, -0.1) is 0 Å². The fourth-order valence-electron chi connectivity index (χ4n) is 2.14. The zero-order valence-electron chi connectivity index (χ0n) is 13.3. The van der Waals surface area contributed by atoms with Gasteiger partial charge in [-0.25, -0.2) is 0 Å². The van der Waals surface area contributed by atoms with Crippen LogP contribution in [0, 0.1) is 0 Å². The molecular weight excluding hydrogens is 387 g/mol. The van der Waals surface area contributed by atoms with Crippen LogP contribution in [0.5, 0.6) is 5.75 Å². The van der Waals surface area contributed by atoms with Gasteiger partial charge in [0.05, 0.1) is 5.52 Å². The topological polar surface area (TPSA) is 120 Å². The number of anilines is 1. The van der Waals surface area contributed by atoms with E-state index >= 15 is 0 Å². The first-order valence-corrected chi connectivity index (χ1v) is 10.6. The number of nitrogens with one attached hydrogen (secondary N) is 1. The van der Waals surface area contributed by atoms with Crippen LogP contribution >= 0.6 is 0 Å². The molecule has 2 aromatic carbocycles. The van der Waals surface area contributed by atoms with Crippen LogP contribution in [0.4, 0.5) is 5.69 Å². The molecule has 0 unspecified atom stereocenters. The zero-order chi connectivity index (χ0) is 18.4. The molecule has 1 amide bonds. The molecule has 1 heterocycles. The molecule has 0 saturated heterocycles. The van der Waals surface area contributed by atoms with Gasteiger partial charge in [0, 0.05) is 11.6 Å². The first kappa shape index (κ1) is 18.7. The molecule has 8 heteroatoms. The molecule has 0 fully saturated rings. The van der Waals surface area contributed by atoms with E-state index in [1.807, 2.05) is 30.5 Å². The molecule has 0 saturated carbocycles. The van der Waals surface area contributed by atoms with Gasteiger partial charge in [0.15, 0.2) is 0 Å². The summed E-state index contributed by atoms with van der Waals surface area (Å²) in [5.74, 6) is -0.987. The molecule has 1 aromatic heterocycles. The van der Waals surface area contributed by atoms with E-state index in [-0.39, 0.29) is 5.69 Å². The summed E-state index contributed by atoms with van der Waals surface area (Å²) in [7, 11) is 0. The number of phenols is 1. The molecule has 0 spiro atoms. The molecule has 3 aromatic rings. The van der Waals surface area contributed by atoms with Gasteiger partial charge in [-0.05, 0) is 12.1 Å². The van der Waals surface area contributed by atoms with Crippen molar-refractivity contribution < 1.29 is 21.8 Å². The van der Waals surface area contributed by atoms with Gasteiger partial charge >= 0.3 is 88.1 Å². The molecule has 4 N–H and O–H groups in total. The summed E-state index contributed by atoms with van der Waals surface area (Å²) in [4.78, 5) is 14.9. The third kappa shape index (κ3) is 5.19. The number of carbonyl (C=O) groups is 1. The van der Waals surface area contributed by atoms with E-state index in [0.717, 1.165) is 11.6 Å². The van der Waals surface area contributed by atoms with Gasteiger partial charge < -0.3 is 0 Å². The second-order valence-corrected chi connectivity index (χ2v) is 8.32. The Balaban J connectivity index is 0.000000194. The fraction of sp³-hybridized carbons (Fsp3) is 0.0588. The number of benzene rings is 2. The molecule has 0 aliphatic rings. The van der Waals surface area contributed by atoms with Crippen LogP contribution in [0.2, 0.25) is 0 Å². The number of aromatic hydroxyl groups is 1. The van der Waals surface area contributed by atoms with E-state index in [9.17, 15) is 13.6 Å². The number of aromatic nitrogens is 1. The van der Waals surface area contributed by atoms with Gasteiger partial charge in [0.1, 0.15) is 0 Å². The maximum Gasteiger partial charge on any atom is 0.0701 e. The molecular formula is C17H17AsN2O5. The Morgan fingerprint density at radius 1 is 1.04 bits per heavy atom. The number of carbonyl (C=O) groups excluding carboxylic acids is 1. The quantitative estimate of drug-likeness (QED) is 0.476. The van der Waals surface area contributed by atoms with Gasteiger partial charge in [-0.2, -0.15) is 0 Å². The van der Waals surface area contributed by atoms with Gasteiger partial charge in [-0.1, -0.05) is 24.3 Å². The molecule has 130 valence electrons. The number of hydrogen-bond donors (Lipinski definition) is 4. The van der Waals surface area contributed by atoms with Crippen LogP contribution in [0.25, 0.3) is 10.9 Å². The number of phenolic OH excluding ortho intramolecular Hbond substituents is 1. The molecule has 0 aliphatic carbocycles. The van der Waals surface area contributed by atoms with Crippen molar-refractivity contribution in [2.75, 3.05) is 5.32 Å². The number of amides is 1. The Hall–Kier alpha value is -2.60. The number of hydrogen-bond acceptors (Lipinski definition) is 4. The van der Waals surface area contributed by atoms with Crippen LogP contribution in [0.15, 0.2) is 60.8 Å². The SMILES string of the molecule is CC(=O)Nc1cccc(O)c1[As](=O)(O)O.c1ccc2ncccc2c1. The summed E-state index contributed by atoms with van der Waals surface area (Å²) in [6.45, 7) is 1.21. The Labute approximate surface area is 147 Å². The van der Waals surface area contributed by atoms with Crippen molar-refractivity contribution in [1.29, 1.82) is 0 Å². The predicted octanol–water partition coefficient (Wildman–Crippen LogP) is 1.15. The number of para-hydroxylation sites is 1. The molecule has 0 radical (unpaired) electrons. The van der Waals surface area contributed by atoms with E-state index < -0.39 is 30.2 Å². The number of rotatable bonds is 2. The Morgan fingerprint density at radius 3 is 2.36 bits per heavy atom. The van der Waals surface area contributed by atoms with Crippen molar-refractivity contribution in [3.8, 4) is 5.75 Å². The largest absolute Gasteiger partial charge is 0.256 e. The van der Waals surface area contributed by atoms with Gasteiger partial charge in [0.25, 0.3) is 0 Å². The molecule has 0 bridgehead atoms. The van der Waals surface area contributed by atoms with Gasteiger partial charge in [-0.3, -0.25) is 4.98 Å². The molecule has 0 atom stereocenters. The monoisotopic (exact) mass is 404 g/mol. The van der Waals surface area contributed by atoms with E-state index in [2.05, 4.69) is 22.4 Å². The fourth-order valence-corrected chi connectivity index (χ4v) is 3.86. The maximum atomic E-state index is 11.1. The normalized spacial score (nSPS) is 10.7. The van der Waals surface area contributed by atoms with Crippen LogP contribution in [-0.2, 0) is 8.53 Å². The molecule has 0 aliphatic heterocycles. The van der Waals surface area contributed by atoms with Crippen molar-refractivity contribution in [3.05, 3.63) is 60.8 Å². The van der Waals surface area contributed by atoms with Crippen LogP contribution in [0.3, 0.4) is 0 Å². The van der Waals surface area contributed by atoms with Crippen LogP contribution in [-0.4, -0.2) is 38.4 Å². The molecule has 25 heavy (non-hydrogen) atoms. The minimum atomic E-state index is -5.25. The van der Waals surface area contributed by atoms with Crippen molar-refractivity contribution in [2.45, 2.75) is 6.92 Å². The van der Waals surface area contributed by atoms with Crippen LogP contribution < -0.4 is 9.67 Å². The second-order valence-electron chi connectivity index (χ2n) is 5.09. The average Bonchev–Trinajstić information content (AvgIpc) is 2.54.